The Bertz CT molecular complexity index is 877. The third kappa shape index (κ3) is 2.68. The number of aromatic nitrogens is 3. The fourth-order valence-electron chi connectivity index (χ4n) is 2.57. The van der Waals surface area contributed by atoms with Gasteiger partial charge in [-0.3, -0.25) is 0 Å². The van der Waals surface area contributed by atoms with Crippen molar-refractivity contribution >= 4 is 11.3 Å². The summed E-state index contributed by atoms with van der Waals surface area (Å²) in [5, 5.41) is 3.39. The van der Waals surface area contributed by atoms with E-state index in [9.17, 15) is 0 Å². The molecule has 5 heteroatoms. The molecule has 0 radical (unpaired) electrons. The Hall–Kier alpha value is -3.08. The first kappa shape index (κ1) is 13.6. The lowest BCUT2D eigenvalue weighted by Gasteiger charge is -2.12. The van der Waals surface area contributed by atoms with Gasteiger partial charge in [0.1, 0.15) is 11.4 Å². The van der Waals surface area contributed by atoms with E-state index < -0.39 is 0 Å². The van der Waals surface area contributed by atoms with Crippen LogP contribution in [0.4, 0.5) is 5.69 Å². The lowest BCUT2D eigenvalue weighted by Crippen LogP contribution is -2.05. The van der Waals surface area contributed by atoms with Gasteiger partial charge < -0.3 is 14.1 Å². The molecule has 0 aliphatic rings. The molecule has 0 amide bonds. The normalized spacial score (nSPS) is 12.4. The highest BCUT2D eigenvalue weighted by Crippen LogP contribution is 2.23. The molecule has 0 saturated heterocycles. The van der Waals surface area contributed by atoms with Gasteiger partial charge in [-0.1, -0.05) is 18.2 Å². The maximum Gasteiger partial charge on any atom is 0.180 e. The summed E-state index contributed by atoms with van der Waals surface area (Å²) >= 11 is 0. The zero-order valence-corrected chi connectivity index (χ0v) is 12.7. The number of oxazole rings is 1. The van der Waals surface area contributed by atoms with Gasteiger partial charge in [0.25, 0.3) is 0 Å². The molecule has 0 spiro atoms. The van der Waals surface area contributed by atoms with E-state index >= 15 is 0 Å². The molecule has 1 aromatic carbocycles. The number of nitrogens with one attached hydrogen (secondary N) is 1. The van der Waals surface area contributed by atoms with Gasteiger partial charge >= 0.3 is 0 Å². The fourth-order valence-corrected chi connectivity index (χ4v) is 2.57. The highest BCUT2D eigenvalue weighted by molar-refractivity contribution is 5.65. The summed E-state index contributed by atoms with van der Waals surface area (Å²) in [4.78, 5) is 8.58. The van der Waals surface area contributed by atoms with Crippen LogP contribution >= 0.6 is 0 Å². The Kier molecular flexibility index (Phi) is 3.31. The first-order valence-electron chi connectivity index (χ1n) is 7.49. The summed E-state index contributed by atoms with van der Waals surface area (Å²) in [6.45, 7) is 2.04. The minimum absolute atomic E-state index is 0.0681. The van der Waals surface area contributed by atoms with Gasteiger partial charge in [0, 0.05) is 23.6 Å². The van der Waals surface area contributed by atoms with Crippen LogP contribution in [0.25, 0.3) is 16.9 Å². The van der Waals surface area contributed by atoms with Crippen molar-refractivity contribution in [1.82, 2.24) is 14.4 Å². The molecule has 4 rings (SSSR count). The van der Waals surface area contributed by atoms with Crippen LogP contribution in [0.3, 0.4) is 0 Å². The molecular formula is C18H16N4O. The van der Waals surface area contributed by atoms with Gasteiger partial charge in [0.05, 0.1) is 17.9 Å². The average molecular weight is 304 g/mol. The maximum atomic E-state index is 5.31. The average Bonchev–Trinajstić information content (AvgIpc) is 3.25. The minimum Gasteiger partial charge on any atom is -0.446 e. The molecule has 5 nitrogen and oxygen atoms in total. The van der Waals surface area contributed by atoms with E-state index in [4.69, 9.17) is 4.42 Å². The van der Waals surface area contributed by atoms with E-state index in [1.54, 1.807) is 6.20 Å². The number of imidazole rings is 1. The van der Waals surface area contributed by atoms with E-state index in [1.807, 2.05) is 54.0 Å². The topological polar surface area (TPSA) is 55.4 Å². The number of fused-ring (bicyclic) bond motifs is 1. The molecule has 3 aromatic heterocycles. The molecule has 4 aromatic rings. The molecule has 0 aliphatic heterocycles. The fraction of sp³-hybridized carbons (Fsp3) is 0.111. The van der Waals surface area contributed by atoms with Crippen LogP contribution in [0.2, 0.25) is 0 Å². The Morgan fingerprint density at radius 2 is 2.00 bits per heavy atom. The molecule has 0 aliphatic carbocycles. The van der Waals surface area contributed by atoms with Crippen LogP contribution in [0.1, 0.15) is 18.7 Å². The Morgan fingerprint density at radius 3 is 2.74 bits per heavy atom. The Balaban J connectivity index is 1.55. The van der Waals surface area contributed by atoms with Crippen molar-refractivity contribution in [3.8, 4) is 11.3 Å². The highest BCUT2D eigenvalue weighted by Gasteiger charge is 2.09. The molecule has 0 fully saturated rings. The molecule has 114 valence electrons. The summed E-state index contributed by atoms with van der Waals surface area (Å²) in [7, 11) is 0. The van der Waals surface area contributed by atoms with Gasteiger partial charge in [0.15, 0.2) is 6.39 Å². The van der Waals surface area contributed by atoms with Crippen molar-refractivity contribution in [3.05, 3.63) is 73.2 Å². The molecular weight excluding hydrogens is 288 g/mol. The predicted molar refractivity (Wildman–Crippen MR) is 89.2 cm³/mol. The van der Waals surface area contributed by atoms with Crippen molar-refractivity contribution in [3.63, 3.8) is 0 Å². The van der Waals surface area contributed by atoms with Gasteiger partial charge in [-0.05, 0) is 31.2 Å². The monoisotopic (exact) mass is 304 g/mol. The predicted octanol–water partition coefficient (Wildman–Crippen LogP) is 4.16. The van der Waals surface area contributed by atoms with Crippen LogP contribution in [-0.4, -0.2) is 14.4 Å². The quantitative estimate of drug-likeness (QED) is 0.615. The third-order valence-electron chi connectivity index (χ3n) is 3.81. The lowest BCUT2D eigenvalue weighted by atomic mass is 10.1. The minimum atomic E-state index is 0.0681. The number of pyridine rings is 1. The van der Waals surface area contributed by atoms with Crippen molar-refractivity contribution < 1.29 is 4.42 Å². The number of nitrogens with zero attached hydrogens (tertiary/aromatic N) is 3. The second-order valence-electron chi connectivity index (χ2n) is 5.44. The van der Waals surface area contributed by atoms with Crippen LogP contribution < -0.4 is 5.32 Å². The Morgan fingerprint density at radius 1 is 1.13 bits per heavy atom. The number of hydrogen-bond donors (Lipinski definition) is 1. The van der Waals surface area contributed by atoms with E-state index in [-0.39, 0.29) is 6.04 Å². The highest BCUT2D eigenvalue weighted by atomic mass is 16.3. The van der Waals surface area contributed by atoms with Crippen LogP contribution in [0.15, 0.2) is 71.9 Å². The van der Waals surface area contributed by atoms with Crippen molar-refractivity contribution in [1.29, 1.82) is 0 Å². The molecule has 1 atom stereocenters. The molecule has 0 bridgehead atoms. The zero-order chi connectivity index (χ0) is 15.6. The standard InChI is InChI=1S/C18H16N4O/c1-13(17-10-19-12-23-17)20-15-7-5-14(6-8-15)16-11-22-9-3-2-4-18(22)21-16/h2-13,20H,1H3. The smallest absolute Gasteiger partial charge is 0.180 e. The summed E-state index contributed by atoms with van der Waals surface area (Å²) in [6.07, 6.45) is 7.21. The van der Waals surface area contributed by atoms with E-state index in [1.165, 1.54) is 6.39 Å². The van der Waals surface area contributed by atoms with Crippen molar-refractivity contribution in [2.24, 2.45) is 0 Å². The van der Waals surface area contributed by atoms with Gasteiger partial charge in [-0.2, -0.15) is 0 Å². The number of hydrogen-bond acceptors (Lipinski definition) is 4. The molecule has 1 N–H and O–H groups in total. The molecule has 1 unspecified atom stereocenters. The summed E-state index contributed by atoms with van der Waals surface area (Å²) in [5.74, 6) is 0.814. The van der Waals surface area contributed by atoms with Gasteiger partial charge in [-0.25, -0.2) is 9.97 Å². The van der Waals surface area contributed by atoms with Crippen LogP contribution in [0, 0.1) is 0 Å². The SMILES string of the molecule is CC(Nc1ccc(-c2cn3ccccc3n2)cc1)c1cnco1. The summed E-state index contributed by atoms with van der Waals surface area (Å²) in [5.41, 5.74) is 4.03. The van der Waals surface area contributed by atoms with Crippen LogP contribution in [0.5, 0.6) is 0 Å². The lowest BCUT2D eigenvalue weighted by molar-refractivity contribution is 0.486. The van der Waals surface area contributed by atoms with Crippen molar-refractivity contribution in [2.75, 3.05) is 5.32 Å². The first-order valence-corrected chi connectivity index (χ1v) is 7.49. The zero-order valence-electron chi connectivity index (χ0n) is 12.7. The van der Waals surface area contributed by atoms with Crippen LogP contribution in [-0.2, 0) is 0 Å². The number of rotatable bonds is 4. The third-order valence-corrected chi connectivity index (χ3v) is 3.81. The summed E-state index contributed by atoms with van der Waals surface area (Å²) < 4.78 is 7.33. The second-order valence-corrected chi connectivity index (χ2v) is 5.44. The number of anilines is 1. The first-order chi connectivity index (χ1) is 11.3. The van der Waals surface area contributed by atoms with E-state index in [0.717, 1.165) is 28.4 Å². The molecule has 0 saturated carbocycles. The largest absolute Gasteiger partial charge is 0.446 e. The van der Waals surface area contributed by atoms with Crippen molar-refractivity contribution in [2.45, 2.75) is 13.0 Å². The van der Waals surface area contributed by atoms with E-state index in [2.05, 4.69) is 27.4 Å². The van der Waals surface area contributed by atoms with Gasteiger partial charge in [0.2, 0.25) is 0 Å². The summed E-state index contributed by atoms with van der Waals surface area (Å²) in [6, 6.07) is 14.3. The van der Waals surface area contributed by atoms with E-state index in [0.29, 0.717) is 0 Å². The maximum absolute atomic E-state index is 5.31. The van der Waals surface area contributed by atoms with Gasteiger partial charge in [-0.15, -0.1) is 0 Å². The molecule has 3 heterocycles. The molecule has 23 heavy (non-hydrogen) atoms. The Labute approximate surface area is 133 Å². The number of benzene rings is 1. The second kappa shape index (κ2) is 5.61.